The van der Waals surface area contributed by atoms with E-state index in [1.165, 1.54) is 17.5 Å². The van der Waals surface area contributed by atoms with Crippen LogP contribution in [0.3, 0.4) is 0 Å². The number of carbonyl (C=O) groups is 2. The van der Waals surface area contributed by atoms with Crippen LogP contribution >= 0.6 is 11.6 Å². The van der Waals surface area contributed by atoms with Crippen LogP contribution in [0.5, 0.6) is 0 Å². The molecule has 0 heterocycles. The van der Waals surface area contributed by atoms with Gasteiger partial charge in [0.25, 0.3) is 0 Å². The van der Waals surface area contributed by atoms with Crippen molar-refractivity contribution in [2.45, 2.75) is 89.2 Å². The molecular weight excluding hydrogens is 462 g/mol. The third kappa shape index (κ3) is 6.19. The highest BCUT2D eigenvalue weighted by atomic mass is 35.5. The van der Waals surface area contributed by atoms with Crippen LogP contribution in [0.1, 0.15) is 87.2 Å². The molecule has 2 atom stereocenters. The van der Waals surface area contributed by atoms with E-state index in [0.29, 0.717) is 17.4 Å². The Labute approximate surface area is 213 Å². The lowest BCUT2D eigenvalue weighted by Gasteiger charge is -2.35. The molecule has 6 heteroatoms. The van der Waals surface area contributed by atoms with Gasteiger partial charge in [-0.3, -0.25) is 0 Å². The molecule has 2 aromatic rings. The van der Waals surface area contributed by atoms with Crippen molar-refractivity contribution >= 4 is 23.7 Å². The van der Waals surface area contributed by atoms with E-state index in [1.54, 1.807) is 0 Å². The largest absolute Gasteiger partial charge is 0.480 e. The van der Waals surface area contributed by atoms with E-state index >= 15 is 0 Å². The maximum atomic E-state index is 13.1. The summed E-state index contributed by atoms with van der Waals surface area (Å²) in [6, 6.07) is 12.9. The lowest BCUT2D eigenvalue weighted by atomic mass is 9.76. The lowest BCUT2D eigenvalue weighted by molar-refractivity contribution is -0.140. The number of fused-ring (bicyclic) bond motifs is 1. The summed E-state index contributed by atoms with van der Waals surface area (Å²) in [5.41, 5.74) is 3.89. The van der Waals surface area contributed by atoms with Crippen LogP contribution in [0.15, 0.2) is 42.5 Å². The number of carboxylic acid groups (broad SMARTS) is 1. The van der Waals surface area contributed by atoms with Crippen LogP contribution in [0, 0.1) is 5.92 Å². The Kier molecular flexibility index (Phi) is 8.05. The van der Waals surface area contributed by atoms with E-state index in [2.05, 4.69) is 17.4 Å². The zero-order valence-corrected chi connectivity index (χ0v) is 21.4. The number of hydrogen-bond acceptors (Lipinski definition) is 3. The number of aryl methyl sites for hydroxylation is 2. The topological polar surface area (TPSA) is 75.6 Å². The number of carbonyl (C=O) groups excluding carboxylic acids is 1. The number of aliphatic carboxylic acids is 1. The number of nitrogens with one attached hydrogen (secondary N) is 1. The second kappa shape index (κ2) is 11.0. The highest BCUT2D eigenvalue weighted by molar-refractivity contribution is 6.30. The van der Waals surface area contributed by atoms with Gasteiger partial charge >= 0.3 is 12.1 Å². The average molecular weight is 498 g/mol. The van der Waals surface area contributed by atoms with Gasteiger partial charge in [0.1, 0.15) is 12.1 Å². The molecule has 35 heavy (non-hydrogen) atoms. The minimum Gasteiger partial charge on any atom is -0.480 e. The molecule has 2 N–H and O–H groups in total. The summed E-state index contributed by atoms with van der Waals surface area (Å²) in [6.07, 6.45) is 7.80. The van der Waals surface area contributed by atoms with E-state index in [0.717, 1.165) is 56.1 Å². The molecule has 1 saturated carbocycles. The molecule has 2 aromatic carbocycles. The minimum atomic E-state index is -1.02. The van der Waals surface area contributed by atoms with E-state index in [-0.39, 0.29) is 0 Å². The van der Waals surface area contributed by atoms with Gasteiger partial charge in [-0.2, -0.15) is 0 Å². The quantitative estimate of drug-likeness (QED) is 0.411. The molecule has 1 amide bonds. The van der Waals surface area contributed by atoms with Crippen molar-refractivity contribution in [3.05, 3.63) is 69.7 Å². The number of hydrogen-bond donors (Lipinski definition) is 2. The van der Waals surface area contributed by atoms with Gasteiger partial charge in [-0.25, -0.2) is 9.59 Å². The predicted octanol–water partition coefficient (Wildman–Crippen LogP) is 7.00. The van der Waals surface area contributed by atoms with Crippen molar-refractivity contribution in [1.29, 1.82) is 0 Å². The van der Waals surface area contributed by atoms with Crippen molar-refractivity contribution < 1.29 is 19.4 Å². The maximum absolute atomic E-state index is 13.1. The van der Waals surface area contributed by atoms with Gasteiger partial charge in [0.15, 0.2) is 0 Å². The molecule has 188 valence electrons. The summed E-state index contributed by atoms with van der Waals surface area (Å²) >= 11 is 6.29. The molecule has 2 aliphatic carbocycles. The predicted molar refractivity (Wildman–Crippen MR) is 138 cm³/mol. The zero-order chi connectivity index (χ0) is 25.0. The first-order valence-corrected chi connectivity index (χ1v) is 13.2. The van der Waals surface area contributed by atoms with Gasteiger partial charge in [-0.1, -0.05) is 87.9 Å². The van der Waals surface area contributed by atoms with Gasteiger partial charge in [0.2, 0.25) is 0 Å². The Morgan fingerprint density at radius 2 is 1.80 bits per heavy atom. The SMILES string of the molecule is CC(C)(c1cccc(Cl)c1)C(OC(=O)NC(CC1CCCCC1)C(=O)O)c1ccc2c(c1)CCC2. The summed E-state index contributed by atoms with van der Waals surface area (Å²) in [4.78, 5) is 25.1. The van der Waals surface area contributed by atoms with Crippen LogP contribution in [-0.2, 0) is 27.8 Å². The van der Waals surface area contributed by atoms with Crippen LogP contribution in [0.4, 0.5) is 4.79 Å². The standard InChI is InChI=1S/C29H36ClNO4/c1-29(2,23-12-7-13-24(30)18-23)26(22-15-14-20-10-6-11-21(20)17-22)35-28(34)31-25(27(32)33)16-19-8-4-3-5-9-19/h7,12-15,17-19,25-26H,3-6,8-11,16H2,1-2H3,(H,31,34)(H,32,33). The molecule has 0 bridgehead atoms. The molecule has 2 unspecified atom stereocenters. The molecule has 0 aliphatic heterocycles. The fourth-order valence-electron chi connectivity index (χ4n) is 5.69. The fourth-order valence-corrected chi connectivity index (χ4v) is 5.88. The minimum absolute atomic E-state index is 0.320. The molecule has 0 spiro atoms. The second-order valence-corrected chi connectivity index (χ2v) is 11.1. The van der Waals surface area contributed by atoms with Crippen molar-refractivity contribution in [2.24, 2.45) is 5.92 Å². The number of carboxylic acids is 1. The molecule has 0 saturated heterocycles. The van der Waals surface area contributed by atoms with Crippen LogP contribution < -0.4 is 5.32 Å². The third-order valence-corrected chi connectivity index (χ3v) is 7.99. The second-order valence-electron chi connectivity index (χ2n) is 10.7. The maximum Gasteiger partial charge on any atom is 0.408 e. The first-order chi connectivity index (χ1) is 16.7. The Morgan fingerprint density at radius 3 is 2.51 bits per heavy atom. The molecule has 4 rings (SSSR count). The summed E-state index contributed by atoms with van der Waals surface area (Å²) in [6.45, 7) is 4.06. The van der Waals surface area contributed by atoms with Gasteiger partial charge in [0.05, 0.1) is 0 Å². The van der Waals surface area contributed by atoms with Crippen molar-refractivity contribution in [1.82, 2.24) is 5.32 Å². The zero-order valence-electron chi connectivity index (χ0n) is 20.7. The highest BCUT2D eigenvalue weighted by Crippen LogP contribution is 2.41. The van der Waals surface area contributed by atoms with Crippen molar-refractivity contribution in [2.75, 3.05) is 0 Å². The Morgan fingerprint density at radius 1 is 1.06 bits per heavy atom. The van der Waals surface area contributed by atoms with Crippen LogP contribution in [0.25, 0.3) is 0 Å². The Balaban J connectivity index is 1.58. The number of rotatable bonds is 8. The van der Waals surface area contributed by atoms with Gasteiger partial charge in [0, 0.05) is 10.4 Å². The van der Waals surface area contributed by atoms with E-state index in [4.69, 9.17) is 16.3 Å². The number of benzene rings is 2. The number of alkyl carbamates (subject to hydrolysis) is 1. The normalized spacial score (nSPS) is 17.9. The summed E-state index contributed by atoms with van der Waals surface area (Å²) in [5, 5.41) is 13.1. The molecule has 5 nitrogen and oxygen atoms in total. The first kappa shape index (κ1) is 25.6. The van der Waals surface area contributed by atoms with E-state index < -0.39 is 29.6 Å². The monoisotopic (exact) mass is 497 g/mol. The van der Waals surface area contributed by atoms with Gasteiger partial charge in [-0.15, -0.1) is 0 Å². The molecule has 1 fully saturated rings. The first-order valence-electron chi connectivity index (χ1n) is 12.8. The fraction of sp³-hybridized carbons (Fsp3) is 0.517. The third-order valence-electron chi connectivity index (χ3n) is 7.76. The van der Waals surface area contributed by atoms with E-state index in [9.17, 15) is 14.7 Å². The van der Waals surface area contributed by atoms with Crippen LogP contribution in [0.2, 0.25) is 5.02 Å². The lowest BCUT2D eigenvalue weighted by Crippen LogP contribution is -2.44. The number of halogens is 1. The summed E-state index contributed by atoms with van der Waals surface area (Å²) < 4.78 is 6.07. The molecular formula is C29H36ClNO4. The van der Waals surface area contributed by atoms with E-state index in [1.807, 2.05) is 44.2 Å². The van der Waals surface area contributed by atoms with Crippen LogP contribution in [-0.4, -0.2) is 23.2 Å². The number of amides is 1. The van der Waals surface area contributed by atoms with Crippen molar-refractivity contribution in [3.8, 4) is 0 Å². The molecule has 2 aliphatic rings. The summed E-state index contributed by atoms with van der Waals surface area (Å²) in [5.74, 6) is -0.698. The highest BCUT2D eigenvalue weighted by Gasteiger charge is 2.37. The average Bonchev–Trinajstić information content (AvgIpc) is 3.30. The molecule has 0 aromatic heterocycles. The number of ether oxygens (including phenoxy) is 1. The Hall–Kier alpha value is -2.53. The Bertz CT molecular complexity index is 1060. The molecule has 0 radical (unpaired) electrons. The summed E-state index contributed by atoms with van der Waals surface area (Å²) in [7, 11) is 0. The van der Waals surface area contributed by atoms with Gasteiger partial charge in [-0.05, 0) is 66.0 Å². The van der Waals surface area contributed by atoms with Gasteiger partial charge < -0.3 is 15.2 Å². The smallest absolute Gasteiger partial charge is 0.408 e. The van der Waals surface area contributed by atoms with Crippen molar-refractivity contribution in [3.63, 3.8) is 0 Å².